The molecule has 0 aliphatic rings. The van der Waals surface area contributed by atoms with Crippen LogP contribution >= 0.6 is 0 Å². The van der Waals surface area contributed by atoms with Gasteiger partial charge in [0, 0.05) is 19.7 Å². The summed E-state index contributed by atoms with van der Waals surface area (Å²) < 4.78 is 75.9. The van der Waals surface area contributed by atoms with Gasteiger partial charge in [0.05, 0.1) is 22.1 Å². The van der Waals surface area contributed by atoms with E-state index < -0.39 is 21.9 Å². The van der Waals surface area contributed by atoms with E-state index in [0.29, 0.717) is 18.9 Å². The predicted octanol–water partition coefficient (Wildman–Crippen LogP) is 2.63. The van der Waals surface area contributed by atoms with E-state index in [1.54, 1.807) is 0 Å². The van der Waals surface area contributed by atoms with Gasteiger partial charge in [0.15, 0.2) is 11.5 Å². The maximum absolute atomic E-state index is 12.7. The zero-order valence-corrected chi connectivity index (χ0v) is 16.2. The molecule has 9 nitrogen and oxygen atoms in total. The summed E-state index contributed by atoms with van der Waals surface area (Å²) in [7, 11) is -2.57. The quantitative estimate of drug-likeness (QED) is 0.584. The summed E-state index contributed by atoms with van der Waals surface area (Å²) >= 11 is 0. The van der Waals surface area contributed by atoms with E-state index in [4.69, 9.17) is 15.0 Å². The third kappa shape index (κ3) is 4.86. The lowest BCUT2D eigenvalue weighted by Gasteiger charge is -2.10. The fraction of sp³-hybridized carbons (Fsp3) is 0.235. The Morgan fingerprint density at radius 3 is 2.47 bits per heavy atom. The summed E-state index contributed by atoms with van der Waals surface area (Å²) in [5.74, 6) is -0.169. The normalized spacial score (nSPS) is 12.1. The molecule has 30 heavy (non-hydrogen) atoms. The maximum atomic E-state index is 12.7. The number of alkyl halides is 3. The summed E-state index contributed by atoms with van der Waals surface area (Å²) in [6.45, 7) is 0.381. The van der Waals surface area contributed by atoms with E-state index >= 15 is 0 Å². The van der Waals surface area contributed by atoms with E-state index in [1.165, 1.54) is 7.11 Å². The van der Waals surface area contributed by atoms with Crippen molar-refractivity contribution in [1.82, 2.24) is 15.1 Å². The molecule has 0 saturated carbocycles. The topological polar surface area (TPSA) is 130 Å². The minimum absolute atomic E-state index is 0.0104. The number of hydrogen-bond acceptors (Lipinski definition) is 9. The predicted molar refractivity (Wildman–Crippen MR) is 96.1 cm³/mol. The van der Waals surface area contributed by atoms with Crippen molar-refractivity contribution in [3.63, 3.8) is 0 Å². The summed E-state index contributed by atoms with van der Waals surface area (Å²) in [5.41, 5.74) is 5.97. The highest BCUT2D eigenvalue weighted by molar-refractivity contribution is 7.91. The number of methoxy groups -OCH3 is 1. The van der Waals surface area contributed by atoms with Gasteiger partial charge in [0.25, 0.3) is 5.89 Å². The van der Waals surface area contributed by atoms with E-state index in [0.717, 1.165) is 36.5 Å². The molecule has 0 aliphatic carbocycles. The molecule has 0 unspecified atom stereocenters. The van der Waals surface area contributed by atoms with Crippen LogP contribution in [-0.2, 0) is 21.0 Å². The van der Waals surface area contributed by atoms with E-state index in [1.807, 2.05) is 0 Å². The van der Waals surface area contributed by atoms with E-state index in [-0.39, 0.29) is 27.1 Å². The molecule has 1 aromatic carbocycles. The average Bonchev–Trinajstić information content (AvgIpc) is 3.14. The van der Waals surface area contributed by atoms with Crippen molar-refractivity contribution in [2.45, 2.75) is 22.6 Å². The Bertz CT molecular complexity index is 1130. The number of ether oxygens (including phenoxy) is 2. The largest absolute Gasteiger partial charge is 0.573 e. The molecule has 3 aromatic rings. The number of pyridine rings is 1. The highest BCUT2D eigenvalue weighted by atomic mass is 32.2. The molecule has 0 aliphatic heterocycles. The van der Waals surface area contributed by atoms with Gasteiger partial charge in [-0.3, -0.25) is 0 Å². The third-order valence-electron chi connectivity index (χ3n) is 3.77. The number of sulfone groups is 1. The fourth-order valence-electron chi connectivity index (χ4n) is 2.39. The molecule has 0 saturated heterocycles. The number of anilines is 1. The Morgan fingerprint density at radius 2 is 1.87 bits per heavy atom. The minimum atomic E-state index is -4.88. The van der Waals surface area contributed by atoms with Crippen LogP contribution in [0.15, 0.2) is 50.8 Å². The summed E-state index contributed by atoms with van der Waals surface area (Å²) in [5, 5.41) is 3.75. The second kappa shape index (κ2) is 8.28. The van der Waals surface area contributed by atoms with Gasteiger partial charge in [-0.25, -0.2) is 13.4 Å². The molecular formula is C17H15F3N4O5S. The molecule has 160 valence electrons. The highest BCUT2D eigenvalue weighted by Gasteiger charge is 2.31. The van der Waals surface area contributed by atoms with Crippen molar-refractivity contribution in [3.05, 3.63) is 42.4 Å². The van der Waals surface area contributed by atoms with Crippen molar-refractivity contribution in [2.75, 3.05) is 19.5 Å². The lowest BCUT2D eigenvalue weighted by Crippen LogP contribution is -2.17. The number of nitrogens with two attached hydrogens (primary N) is 1. The first kappa shape index (κ1) is 21.5. The van der Waals surface area contributed by atoms with Crippen LogP contribution < -0.4 is 10.5 Å². The number of benzene rings is 1. The molecular weight excluding hydrogens is 429 g/mol. The van der Waals surface area contributed by atoms with Crippen molar-refractivity contribution in [3.8, 4) is 17.3 Å². The molecule has 13 heteroatoms. The van der Waals surface area contributed by atoms with Crippen LogP contribution in [0.4, 0.5) is 18.9 Å². The second-order valence-electron chi connectivity index (χ2n) is 5.89. The van der Waals surface area contributed by atoms with E-state index in [9.17, 15) is 21.6 Å². The zero-order valence-electron chi connectivity index (χ0n) is 15.4. The smallest absolute Gasteiger partial charge is 0.406 e. The Balaban J connectivity index is 1.85. The molecule has 0 bridgehead atoms. The number of hydrogen-bond donors (Lipinski definition) is 1. The van der Waals surface area contributed by atoms with Crippen LogP contribution in [0.1, 0.15) is 5.82 Å². The summed E-state index contributed by atoms with van der Waals surface area (Å²) in [4.78, 5) is 7.59. The van der Waals surface area contributed by atoms with Gasteiger partial charge in [-0.1, -0.05) is 5.16 Å². The SMILES string of the molecule is COCCc1noc(-c2ncc(S(=O)(=O)c3ccc(OC(F)(F)F)cc3)cc2N)n1. The molecule has 0 atom stereocenters. The molecule has 2 aromatic heterocycles. The van der Waals surface area contributed by atoms with Crippen molar-refractivity contribution >= 4 is 15.5 Å². The van der Waals surface area contributed by atoms with Gasteiger partial charge in [0.2, 0.25) is 9.84 Å². The van der Waals surface area contributed by atoms with Crippen LogP contribution in [0.25, 0.3) is 11.6 Å². The number of aromatic nitrogens is 3. The molecule has 0 amide bonds. The van der Waals surface area contributed by atoms with Crippen LogP contribution in [0.5, 0.6) is 5.75 Å². The summed E-state index contributed by atoms with van der Waals surface area (Å²) in [6.07, 6.45) is -3.44. The molecule has 0 spiro atoms. The second-order valence-corrected chi connectivity index (χ2v) is 7.84. The van der Waals surface area contributed by atoms with Crippen LogP contribution in [0.2, 0.25) is 0 Å². The average molecular weight is 444 g/mol. The first-order valence-corrected chi connectivity index (χ1v) is 9.77. The Labute approximate surface area is 168 Å². The van der Waals surface area contributed by atoms with Gasteiger partial charge in [0.1, 0.15) is 5.75 Å². The molecule has 0 radical (unpaired) electrons. The monoisotopic (exact) mass is 444 g/mol. The lowest BCUT2D eigenvalue weighted by atomic mass is 10.3. The summed E-state index contributed by atoms with van der Waals surface area (Å²) in [6, 6.07) is 4.91. The van der Waals surface area contributed by atoms with Crippen LogP contribution in [-0.4, -0.2) is 43.6 Å². The lowest BCUT2D eigenvalue weighted by molar-refractivity contribution is -0.274. The first-order chi connectivity index (χ1) is 14.1. The van der Waals surface area contributed by atoms with Crippen molar-refractivity contribution in [1.29, 1.82) is 0 Å². The number of rotatable bonds is 7. The Kier molecular flexibility index (Phi) is 5.94. The Morgan fingerprint density at radius 1 is 1.17 bits per heavy atom. The molecule has 3 rings (SSSR count). The third-order valence-corrected chi connectivity index (χ3v) is 5.51. The standard InChI is InChI=1S/C17H15F3N4O5S/c1-27-7-6-14-23-16(29-24-14)15-13(21)8-12(9-22-15)30(25,26)11-4-2-10(3-5-11)28-17(18,19)20/h2-5,8-9H,6-7,21H2,1H3. The fourth-order valence-corrected chi connectivity index (χ4v) is 3.63. The van der Waals surface area contributed by atoms with Gasteiger partial charge >= 0.3 is 6.36 Å². The van der Waals surface area contributed by atoms with Gasteiger partial charge in [-0.2, -0.15) is 4.98 Å². The molecule has 2 N–H and O–H groups in total. The molecule has 0 fully saturated rings. The maximum Gasteiger partial charge on any atom is 0.573 e. The van der Waals surface area contributed by atoms with Gasteiger partial charge < -0.3 is 19.7 Å². The zero-order chi connectivity index (χ0) is 21.9. The van der Waals surface area contributed by atoms with Crippen molar-refractivity contribution in [2.24, 2.45) is 0 Å². The number of nitrogens with zero attached hydrogens (tertiary/aromatic N) is 3. The van der Waals surface area contributed by atoms with Crippen LogP contribution in [0.3, 0.4) is 0 Å². The molecule has 2 heterocycles. The minimum Gasteiger partial charge on any atom is -0.406 e. The first-order valence-electron chi connectivity index (χ1n) is 8.28. The van der Waals surface area contributed by atoms with Gasteiger partial charge in [-0.05, 0) is 30.3 Å². The van der Waals surface area contributed by atoms with Crippen LogP contribution in [0, 0.1) is 0 Å². The highest BCUT2D eigenvalue weighted by Crippen LogP contribution is 2.29. The van der Waals surface area contributed by atoms with E-state index in [2.05, 4.69) is 19.9 Å². The Hall–Kier alpha value is -3.19. The number of halogens is 3. The number of nitrogen functional groups attached to an aromatic ring is 1. The van der Waals surface area contributed by atoms with Gasteiger partial charge in [-0.15, -0.1) is 13.2 Å². The van der Waals surface area contributed by atoms with Crippen molar-refractivity contribution < 1.29 is 35.6 Å².